The van der Waals surface area contributed by atoms with Gasteiger partial charge in [0.15, 0.2) is 0 Å². The van der Waals surface area contributed by atoms with Gasteiger partial charge in [-0.2, -0.15) is 0 Å². The molecule has 1 fully saturated rings. The Morgan fingerprint density at radius 1 is 0.850 bits per heavy atom. The fourth-order valence-corrected chi connectivity index (χ4v) is 9.07. The summed E-state index contributed by atoms with van der Waals surface area (Å²) in [6.45, 7) is 8.99. The topological polar surface area (TPSA) is 181 Å². The summed E-state index contributed by atoms with van der Waals surface area (Å²) in [6, 6.07) is 19.6. The van der Waals surface area contributed by atoms with E-state index in [1.807, 2.05) is 37.3 Å². The molecule has 3 aromatic carbocycles. The minimum Gasteiger partial charge on any atom is -0.394 e. The van der Waals surface area contributed by atoms with E-state index >= 15 is 0 Å². The molecule has 14 heteroatoms. The highest BCUT2D eigenvalue weighted by atomic mass is 32.1. The third-order valence-electron chi connectivity index (χ3n) is 11.6. The van der Waals surface area contributed by atoms with Crippen molar-refractivity contribution in [3.63, 3.8) is 0 Å². The lowest BCUT2D eigenvalue weighted by Crippen LogP contribution is -2.57. The van der Waals surface area contributed by atoms with Crippen molar-refractivity contribution in [1.82, 2.24) is 15.1 Å². The van der Waals surface area contributed by atoms with Gasteiger partial charge in [0, 0.05) is 60.5 Å². The molecule has 0 bridgehead atoms. The van der Waals surface area contributed by atoms with Crippen molar-refractivity contribution in [2.24, 2.45) is 5.41 Å². The second-order valence-electron chi connectivity index (χ2n) is 16.8. The molecule has 2 aliphatic rings. The van der Waals surface area contributed by atoms with Crippen LogP contribution in [-0.4, -0.2) is 121 Å². The summed E-state index contributed by atoms with van der Waals surface area (Å²) in [7, 11) is 1.77. The molecule has 320 valence electrons. The van der Waals surface area contributed by atoms with E-state index in [-0.39, 0.29) is 17.2 Å². The van der Waals surface area contributed by atoms with Gasteiger partial charge >= 0.3 is 0 Å². The normalized spacial score (nSPS) is 15.2. The summed E-state index contributed by atoms with van der Waals surface area (Å²) in [5, 5.41) is 37.8. The molecular formula is C46H57N5O8S. The molecule has 0 radical (unpaired) electrons. The number of aliphatic hydroxyl groups is 3. The van der Waals surface area contributed by atoms with Gasteiger partial charge in [-0.1, -0.05) is 38.1 Å². The molecule has 0 unspecified atom stereocenters. The zero-order valence-corrected chi connectivity index (χ0v) is 35.8. The highest BCUT2D eigenvalue weighted by molar-refractivity contribution is 7.17. The molecule has 6 N–H and O–H groups in total. The Morgan fingerprint density at radius 3 is 2.23 bits per heavy atom. The van der Waals surface area contributed by atoms with Crippen molar-refractivity contribution in [1.29, 1.82) is 0 Å². The second-order valence-corrected chi connectivity index (χ2v) is 17.9. The third kappa shape index (κ3) is 10.9. The molecule has 0 atom stereocenters. The number of hydrogen-bond donors (Lipinski definition) is 6. The van der Waals surface area contributed by atoms with Crippen molar-refractivity contribution >= 4 is 45.7 Å². The Bertz CT molecular complexity index is 2170. The number of aryl methyl sites for hydroxylation is 3. The van der Waals surface area contributed by atoms with Gasteiger partial charge in [0.1, 0.15) is 10.5 Å². The van der Waals surface area contributed by atoms with E-state index in [4.69, 9.17) is 4.74 Å². The summed E-state index contributed by atoms with van der Waals surface area (Å²) in [5.41, 5.74) is 4.83. The number of anilines is 2. The van der Waals surface area contributed by atoms with Gasteiger partial charge in [0.2, 0.25) is 0 Å². The maximum atomic E-state index is 14.2. The van der Waals surface area contributed by atoms with Gasteiger partial charge in [-0.05, 0) is 109 Å². The smallest absolute Gasteiger partial charge is 0.258 e. The Labute approximate surface area is 355 Å². The van der Waals surface area contributed by atoms with E-state index in [1.54, 1.807) is 48.3 Å². The fourth-order valence-electron chi connectivity index (χ4n) is 7.57. The van der Waals surface area contributed by atoms with Crippen LogP contribution >= 0.6 is 11.3 Å². The molecule has 0 spiro atoms. The van der Waals surface area contributed by atoms with Gasteiger partial charge in [-0.3, -0.25) is 24.1 Å². The average Bonchev–Trinajstić information content (AvgIpc) is 3.60. The third-order valence-corrected chi connectivity index (χ3v) is 12.7. The van der Waals surface area contributed by atoms with Crippen LogP contribution in [0.1, 0.15) is 88.8 Å². The van der Waals surface area contributed by atoms with E-state index in [0.29, 0.717) is 59.1 Å². The van der Waals surface area contributed by atoms with Gasteiger partial charge in [0.25, 0.3) is 23.6 Å². The molecule has 0 saturated carbocycles. The van der Waals surface area contributed by atoms with E-state index in [2.05, 4.69) is 34.7 Å². The number of rotatable bonds is 16. The molecule has 1 aromatic heterocycles. The summed E-state index contributed by atoms with van der Waals surface area (Å²) in [6.07, 6.45) is 3.85. The predicted octanol–water partition coefficient (Wildman–Crippen LogP) is 4.71. The van der Waals surface area contributed by atoms with E-state index in [9.17, 15) is 34.5 Å². The maximum Gasteiger partial charge on any atom is 0.258 e. The molecule has 2 heterocycles. The van der Waals surface area contributed by atoms with E-state index < -0.39 is 37.2 Å². The van der Waals surface area contributed by atoms with Gasteiger partial charge in [-0.15, -0.1) is 11.3 Å². The minimum atomic E-state index is -1.50. The quantitative estimate of drug-likeness (QED) is 0.0932. The van der Waals surface area contributed by atoms with Gasteiger partial charge in [0.05, 0.1) is 38.6 Å². The molecular weight excluding hydrogens is 783 g/mol. The Morgan fingerprint density at radius 2 is 1.55 bits per heavy atom. The zero-order valence-electron chi connectivity index (χ0n) is 34.9. The Kier molecular flexibility index (Phi) is 14.6. The first-order chi connectivity index (χ1) is 28.7. The van der Waals surface area contributed by atoms with Crippen LogP contribution in [0.5, 0.6) is 0 Å². The molecule has 1 aliphatic carbocycles. The van der Waals surface area contributed by atoms with E-state index in [0.717, 1.165) is 72.4 Å². The Balaban J connectivity index is 1.11. The number of carbonyl (C=O) groups excluding carboxylic acids is 4. The number of nitrogens with one attached hydrogen (secondary N) is 3. The van der Waals surface area contributed by atoms with E-state index in [1.165, 1.54) is 11.3 Å². The molecule has 1 saturated heterocycles. The van der Waals surface area contributed by atoms with Crippen LogP contribution in [0.25, 0.3) is 0 Å². The maximum absolute atomic E-state index is 14.2. The Hall–Kier alpha value is -4.96. The van der Waals surface area contributed by atoms with Crippen molar-refractivity contribution in [2.45, 2.75) is 58.4 Å². The standard InChI is InChI=1S/C46H57N5O8S/c1-30-24-36(15-14-32(30)11-8-31-9-12-33(13-10-31)41(56)49-46(27-52,28-53)29-54)47-42(57)39-37-16-17-45(2,3)26-38(37)60-43(39)48-40(55)34-6-5-7-35(25-34)44(58)50(4)18-19-51-20-22-59-23-21-51/h5-7,9-10,12-15,24-25,52-54H,8,11,16-23,26-29H2,1-4H3,(H,47,57)(H,48,55)(H,49,56). The largest absolute Gasteiger partial charge is 0.394 e. The first-order valence-corrected chi connectivity index (χ1v) is 21.3. The second kappa shape index (κ2) is 19.6. The number of amides is 4. The van der Waals surface area contributed by atoms with Gasteiger partial charge < -0.3 is 40.9 Å². The lowest BCUT2D eigenvalue weighted by molar-refractivity contribution is 0.0338. The lowest BCUT2D eigenvalue weighted by Gasteiger charge is -2.29. The first kappa shape index (κ1) is 44.6. The SMILES string of the molecule is Cc1cc(NC(=O)c2c(NC(=O)c3cccc(C(=O)N(C)CCN4CCOCC4)c3)sc3c2CCC(C)(C)C3)ccc1CCc1ccc(C(=O)NC(CO)(CO)CO)cc1. The molecule has 13 nitrogen and oxygen atoms in total. The van der Waals surface area contributed by atoms with Crippen LogP contribution in [0.3, 0.4) is 0 Å². The highest BCUT2D eigenvalue weighted by Gasteiger charge is 2.34. The van der Waals surface area contributed by atoms with Crippen molar-refractivity contribution < 1.29 is 39.2 Å². The highest BCUT2D eigenvalue weighted by Crippen LogP contribution is 2.44. The predicted molar refractivity (Wildman–Crippen MR) is 233 cm³/mol. The summed E-state index contributed by atoms with van der Waals surface area (Å²) in [5.74, 6) is -1.36. The molecule has 1 aliphatic heterocycles. The number of hydrogen-bond acceptors (Lipinski definition) is 10. The lowest BCUT2D eigenvalue weighted by atomic mass is 9.77. The number of likely N-dealkylation sites (N-methyl/N-ethyl adjacent to an activating group) is 1. The minimum absolute atomic E-state index is 0.0625. The van der Waals surface area contributed by atoms with Crippen molar-refractivity contribution in [3.05, 3.63) is 116 Å². The number of nitrogens with zero attached hydrogens (tertiary/aromatic N) is 2. The fraction of sp³-hybridized carbons (Fsp3) is 0.435. The number of carbonyl (C=O) groups is 4. The van der Waals surface area contributed by atoms with Crippen LogP contribution < -0.4 is 16.0 Å². The van der Waals surface area contributed by atoms with Crippen LogP contribution in [-0.2, 0) is 30.4 Å². The number of ether oxygens (including phenoxy) is 1. The monoisotopic (exact) mass is 839 g/mol. The molecule has 4 amide bonds. The van der Waals surface area contributed by atoms with Crippen molar-refractivity contribution in [3.8, 4) is 0 Å². The zero-order chi connectivity index (χ0) is 43.0. The molecule has 6 rings (SSSR count). The summed E-state index contributed by atoms with van der Waals surface area (Å²) >= 11 is 1.45. The number of thiophene rings is 1. The average molecular weight is 840 g/mol. The van der Waals surface area contributed by atoms with Crippen LogP contribution in [0.2, 0.25) is 0 Å². The molecule has 4 aromatic rings. The first-order valence-electron chi connectivity index (χ1n) is 20.5. The van der Waals surface area contributed by atoms with Crippen LogP contribution in [0.4, 0.5) is 10.7 Å². The van der Waals surface area contributed by atoms with Gasteiger partial charge in [-0.25, -0.2) is 0 Å². The summed E-state index contributed by atoms with van der Waals surface area (Å²) in [4.78, 5) is 59.1. The molecule has 60 heavy (non-hydrogen) atoms. The number of morpholine rings is 1. The number of fused-ring (bicyclic) bond motifs is 1. The van der Waals surface area contributed by atoms with Crippen molar-refractivity contribution in [2.75, 3.05) is 76.9 Å². The summed E-state index contributed by atoms with van der Waals surface area (Å²) < 4.78 is 5.43. The van der Waals surface area contributed by atoms with Crippen LogP contribution in [0.15, 0.2) is 66.7 Å². The number of aliphatic hydroxyl groups excluding tert-OH is 3. The number of benzene rings is 3. The van der Waals surface area contributed by atoms with Crippen LogP contribution in [0, 0.1) is 12.3 Å².